The van der Waals surface area contributed by atoms with Crippen molar-refractivity contribution >= 4 is 22.6 Å². The molecule has 1 rings (SSSR count). The normalized spacial score (nSPS) is 21.3. The summed E-state index contributed by atoms with van der Waals surface area (Å²) in [5.74, 6) is 1.94. The van der Waals surface area contributed by atoms with Gasteiger partial charge in [0.15, 0.2) is 0 Å². The van der Waals surface area contributed by atoms with Crippen LogP contribution in [0.4, 0.5) is 0 Å². The van der Waals surface area contributed by atoms with Crippen molar-refractivity contribution in [2.24, 2.45) is 11.8 Å². The molecule has 132 valence electrons. The van der Waals surface area contributed by atoms with Crippen LogP contribution in [0, 0.1) is 11.8 Å². The van der Waals surface area contributed by atoms with Crippen molar-refractivity contribution in [1.82, 2.24) is 14.7 Å². The first-order valence-corrected chi connectivity index (χ1v) is 10.7. The van der Waals surface area contributed by atoms with Gasteiger partial charge in [-0.05, 0) is 95.7 Å². The molecule has 1 saturated carbocycles. The van der Waals surface area contributed by atoms with E-state index in [1.54, 1.807) is 0 Å². The molecule has 2 atom stereocenters. The second-order valence-electron chi connectivity index (χ2n) is 7.28. The molecule has 1 fully saturated rings. The molecular formula is C18H38IN3. The molecule has 3 nitrogen and oxygen atoms in total. The zero-order valence-electron chi connectivity index (χ0n) is 15.4. The number of nitrogens with zero attached hydrogens (tertiary/aromatic N) is 3. The fourth-order valence-electron chi connectivity index (χ4n) is 3.14. The Balaban J connectivity index is 1.99. The van der Waals surface area contributed by atoms with Gasteiger partial charge in [0.05, 0.1) is 0 Å². The Morgan fingerprint density at radius 1 is 0.773 bits per heavy atom. The topological polar surface area (TPSA) is 9.72 Å². The molecule has 0 saturated heterocycles. The summed E-state index contributed by atoms with van der Waals surface area (Å²) in [7, 11) is 6.83. The third kappa shape index (κ3) is 9.68. The third-order valence-corrected chi connectivity index (χ3v) is 5.72. The Kier molecular flexibility index (Phi) is 11.3. The van der Waals surface area contributed by atoms with Gasteiger partial charge >= 0.3 is 0 Å². The van der Waals surface area contributed by atoms with Crippen LogP contribution in [0.2, 0.25) is 0 Å². The molecule has 0 heterocycles. The van der Waals surface area contributed by atoms with Gasteiger partial charge in [-0.25, -0.2) is 0 Å². The molecule has 1 aliphatic carbocycles. The number of rotatable bonds is 14. The highest BCUT2D eigenvalue weighted by Crippen LogP contribution is 2.39. The molecule has 0 spiro atoms. The molecule has 4 heteroatoms. The Hall–Kier alpha value is 0.610. The summed E-state index contributed by atoms with van der Waals surface area (Å²) in [4.78, 5) is 7.52. The molecule has 1 aliphatic rings. The largest absolute Gasteiger partial charge is 0.307 e. The Morgan fingerprint density at radius 2 is 1.23 bits per heavy atom. The van der Waals surface area contributed by atoms with Crippen LogP contribution in [-0.4, -0.2) is 79.5 Å². The van der Waals surface area contributed by atoms with E-state index in [9.17, 15) is 0 Å². The number of halogens is 1. The molecule has 0 aliphatic heterocycles. The predicted molar refractivity (Wildman–Crippen MR) is 107 cm³/mol. The van der Waals surface area contributed by atoms with E-state index < -0.39 is 0 Å². The van der Waals surface area contributed by atoms with Gasteiger partial charge in [0.2, 0.25) is 0 Å². The lowest BCUT2D eigenvalue weighted by Crippen LogP contribution is -2.26. The molecule has 0 aromatic heterocycles. The van der Waals surface area contributed by atoms with Crippen LogP contribution in [0.25, 0.3) is 0 Å². The van der Waals surface area contributed by atoms with Gasteiger partial charge in [-0.1, -0.05) is 29.5 Å². The number of unbranched alkanes of at least 4 members (excludes halogenated alkanes) is 2. The van der Waals surface area contributed by atoms with Gasteiger partial charge in [0.25, 0.3) is 0 Å². The van der Waals surface area contributed by atoms with E-state index in [2.05, 4.69) is 65.4 Å². The van der Waals surface area contributed by atoms with Gasteiger partial charge in [0.1, 0.15) is 0 Å². The molecule has 22 heavy (non-hydrogen) atoms. The number of alkyl halides is 1. The predicted octanol–water partition coefficient (Wildman–Crippen LogP) is 3.43. The van der Waals surface area contributed by atoms with Crippen molar-refractivity contribution in [2.45, 2.75) is 39.0 Å². The summed E-state index contributed by atoms with van der Waals surface area (Å²) in [5, 5.41) is 0. The van der Waals surface area contributed by atoms with Crippen LogP contribution < -0.4 is 0 Å². The van der Waals surface area contributed by atoms with E-state index in [0.717, 1.165) is 11.8 Å². The van der Waals surface area contributed by atoms with Crippen LogP contribution in [0.5, 0.6) is 0 Å². The van der Waals surface area contributed by atoms with E-state index >= 15 is 0 Å². The van der Waals surface area contributed by atoms with E-state index in [4.69, 9.17) is 0 Å². The van der Waals surface area contributed by atoms with Crippen LogP contribution >= 0.6 is 22.6 Å². The fraction of sp³-hybridized carbons (Fsp3) is 1.00. The highest BCUT2D eigenvalue weighted by molar-refractivity contribution is 14.1. The van der Waals surface area contributed by atoms with Gasteiger partial charge < -0.3 is 14.7 Å². The SMILES string of the molecule is CCN(C)CCCCN(C)CC1CC1CN(C)CCCCI. The van der Waals surface area contributed by atoms with Crippen molar-refractivity contribution in [1.29, 1.82) is 0 Å². The maximum absolute atomic E-state index is 2.56. The van der Waals surface area contributed by atoms with Gasteiger partial charge in [-0.3, -0.25) is 0 Å². The monoisotopic (exact) mass is 423 g/mol. The lowest BCUT2D eigenvalue weighted by Gasteiger charge is -2.19. The minimum atomic E-state index is 0.968. The average Bonchev–Trinajstić information content (AvgIpc) is 3.20. The average molecular weight is 423 g/mol. The second kappa shape index (κ2) is 12.0. The zero-order chi connectivity index (χ0) is 16.4. The molecule has 2 unspecified atom stereocenters. The molecule has 0 radical (unpaired) electrons. The fourth-order valence-corrected chi connectivity index (χ4v) is 3.68. The van der Waals surface area contributed by atoms with Crippen molar-refractivity contribution in [3.63, 3.8) is 0 Å². The van der Waals surface area contributed by atoms with Crippen LogP contribution in [-0.2, 0) is 0 Å². The second-order valence-corrected chi connectivity index (χ2v) is 8.36. The first-order valence-electron chi connectivity index (χ1n) is 9.18. The third-order valence-electron chi connectivity index (χ3n) is 4.95. The highest BCUT2D eigenvalue weighted by atomic mass is 127. The lowest BCUT2D eigenvalue weighted by atomic mass is 10.2. The Morgan fingerprint density at radius 3 is 1.68 bits per heavy atom. The molecule has 0 N–H and O–H groups in total. The summed E-state index contributed by atoms with van der Waals surface area (Å²) in [5.41, 5.74) is 0. The maximum atomic E-state index is 2.56. The van der Waals surface area contributed by atoms with Crippen molar-refractivity contribution in [3.05, 3.63) is 0 Å². The minimum Gasteiger partial charge on any atom is -0.307 e. The number of hydrogen-bond acceptors (Lipinski definition) is 3. The molecular weight excluding hydrogens is 385 g/mol. The molecule has 0 amide bonds. The summed E-state index contributed by atoms with van der Waals surface area (Å²) in [6.07, 6.45) is 6.87. The van der Waals surface area contributed by atoms with Gasteiger partial charge in [-0.15, -0.1) is 0 Å². The highest BCUT2D eigenvalue weighted by Gasteiger charge is 2.37. The van der Waals surface area contributed by atoms with Gasteiger partial charge in [0, 0.05) is 13.1 Å². The van der Waals surface area contributed by atoms with E-state index in [-0.39, 0.29) is 0 Å². The van der Waals surface area contributed by atoms with Crippen molar-refractivity contribution in [3.8, 4) is 0 Å². The molecule has 0 aromatic carbocycles. The van der Waals surface area contributed by atoms with E-state index in [1.165, 1.54) is 75.8 Å². The summed E-state index contributed by atoms with van der Waals surface area (Å²) in [6.45, 7) is 9.85. The lowest BCUT2D eigenvalue weighted by molar-refractivity contribution is 0.272. The number of hydrogen-bond donors (Lipinski definition) is 0. The zero-order valence-corrected chi connectivity index (χ0v) is 17.5. The molecule has 0 aromatic rings. The standard InChI is InChI=1S/C18H38IN3/c1-5-20(2)11-8-9-13-22(4)16-18-14-17(18)15-21(3)12-7-6-10-19/h17-18H,5-16H2,1-4H3. The quantitative estimate of drug-likeness (QED) is 0.241. The van der Waals surface area contributed by atoms with Crippen LogP contribution in [0.1, 0.15) is 39.0 Å². The summed E-state index contributed by atoms with van der Waals surface area (Å²) in [6, 6.07) is 0. The van der Waals surface area contributed by atoms with Gasteiger partial charge in [-0.2, -0.15) is 0 Å². The van der Waals surface area contributed by atoms with Crippen molar-refractivity contribution in [2.75, 3.05) is 64.8 Å². The first-order chi connectivity index (χ1) is 10.6. The summed E-state index contributed by atoms with van der Waals surface area (Å²) >= 11 is 2.48. The van der Waals surface area contributed by atoms with E-state index in [1.807, 2.05) is 0 Å². The van der Waals surface area contributed by atoms with Crippen LogP contribution in [0.3, 0.4) is 0 Å². The molecule has 0 bridgehead atoms. The van der Waals surface area contributed by atoms with Crippen LogP contribution in [0.15, 0.2) is 0 Å². The van der Waals surface area contributed by atoms with Crippen molar-refractivity contribution < 1.29 is 0 Å². The van der Waals surface area contributed by atoms with E-state index in [0.29, 0.717) is 0 Å². The summed E-state index contributed by atoms with van der Waals surface area (Å²) < 4.78 is 1.30. The Bertz CT molecular complexity index is 275. The maximum Gasteiger partial charge on any atom is 0.000985 e. The first kappa shape index (κ1) is 20.7. The minimum absolute atomic E-state index is 0.968. The Labute approximate surface area is 152 Å². The smallest absolute Gasteiger partial charge is 0.000985 e.